The molecule has 1 heterocycles. The van der Waals surface area contributed by atoms with Crippen molar-refractivity contribution in [2.24, 2.45) is 10.7 Å². The summed E-state index contributed by atoms with van der Waals surface area (Å²) in [5, 5.41) is 11.8. The number of nitrogens with one attached hydrogen (secondary N) is 1. The molecule has 0 aromatic heterocycles. The summed E-state index contributed by atoms with van der Waals surface area (Å²) >= 11 is 1.32. The number of benzene rings is 2. The molecule has 2 aromatic rings. The second-order valence-electron chi connectivity index (χ2n) is 9.36. The second kappa shape index (κ2) is 13.7. The van der Waals surface area contributed by atoms with E-state index in [4.69, 9.17) is 5.73 Å². The number of carbonyl (C=O) groups is 3. The number of nitrogens with two attached hydrogens (primary N) is 1. The summed E-state index contributed by atoms with van der Waals surface area (Å²) in [6.45, 7) is 3.90. The first-order valence-corrected chi connectivity index (χ1v) is 15.1. The number of amidine groups is 1. The largest absolute Gasteiger partial charge is 0.480 e. The lowest BCUT2D eigenvalue weighted by Gasteiger charge is -2.27. The molecule has 1 aliphatic rings. The van der Waals surface area contributed by atoms with Crippen molar-refractivity contribution in [1.82, 2.24) is 9.62 Å². The number of Topliss-reactive ketones (excluding diaryl/α,β-unsaturated/α-hetero) is 1. The molecule has 0 saturated carbocycles. The highest BCUT2D eigenvalue weighted by atomic mass is 32.2. The lowest BCUT2D eigenvalue weighted by molar-refractivity contribution is -0.142. The van der Waals surface area contributed by atoms with Crippen molar-refractivity contribution in [3.63, 3.8) is 0 Å². The zero-order valence-electron chi connectivity index (χ0n) is 21.9. The van der Waals surface area contributed by atoms with E-state index in [2.05, 4.69) is 10.3 Å². The van der Waals surface area contributed by atoms with Gasteiger partial charge in [0.05, 0.1) is 16.1 Å². The highest BCUT2D eigenvalue weighted by Gasteiger charge is 2.45. The highest BCUT2D eigenvalue weighted by molar-refractivity contribution is 8.01. The average Bonchev–Trinajstić information content (AvgIpc) is 3.30. The number of aliphatic imine (C=N–C) groups is 1. The molecule has 0 bridgehead atoms. The molecule has 1 amide bonds. The van der Waals surface area contributed by atoms with Crippen LogP contribution in [0.2, 0.25) is 0 Å². The fourth-order valence-corrected chi connectivity index (χ4v) is 7.57. The summed E-state index contributed by atoms with van der Waals surface area (Å²) in [6, 6.07) is 12.5. The number of hydrogen-bond acceptors (Lipinski definition) is 7. The molecule has 0 aliphatic carbocycles. The number of aliphatic carboxylic acids is 1. The zero-order valence-corrected chi connectivity index (χ0v) is 23.6. The van der Waals surface area contributed by atoms with Gasteiger partial charge in [-0.25, -0.2) is 13.2 Å². The Hall–Kier alpha value is -3.22. The molecule has 1 saturated heterocycles. The van der Waals surface area contributed by atoms with Gasteiger partial charge in [-0.2, -0.15) is 4.31 Å². The molecule has 3 atom stereocenters. The highest BCUT2D eigenvalue weighted by Crippen LogP contribution is 2.34. The number of carbonyl (C=O) groups excluding carboxylic acids is 2. The molecule has 1 aliphatic heterocycles. The van der Waals surface area contributed by atoms with Crippen LogP contribution in [0.5, 0.6) is 0 Å². The van der Waals surface area contributed by atoms with E-state index in [0.717, 1.165) is 9.87 Å². The lowest BCUT2D eigenvalue weighted by atomic mass is 10.0. The van der Waals surface area contributed by atoms with Crippen LogP contribution in [-0.4, -0.2) is 71.1 Å². The minimum atomic E-state index is -3.96. The minimum Gasteiger partial charge on any atom is -0.480 e. The Kier molecular flexibility index (Phi) is 10.7. The standard InChI is InChI=1S/C27H34N4O6S2/c1-18(28)29-14-6-7-22(32)15-20-10-12-21(13-11-20)16-24(27(34)35)30-26(33)25-17-38-19(2)31(25)39(36,37)23-8-4-3-5-9-23/h3-5,8-13,19,24-25H,6-7,14-17H2,1-2H3,(H2,28,29)(H,30,33)(H,34,35)/t19?,24?,25-/m0/s1. The number of sulfonamides is 1. The van der Waals surface area contributed by atoms with Gasteiger partial charge in [-0.3, -0.25) is 14.6 Å². The van der Waals surface area contributed by atoms with E-state index in [1.165, 1.54) is 23.9 Å². The maximum Gasteiger partial charge on any atom is 0.326 e. The van der Waals surface area contributed by atoms with Crippen molar-refractivity contribution >= 4 is 45.3 Å². The van der Waals surface area contributed by atoms with Crippen LogP contribution in [0.4, 0.5) is 0 Å². The van der Waals surface area contributed by atoms with Crippen molar-refractivity contribution in [1.29, 1.82) is 0 Å². The maximum atomic E-state index is 13.3. The van der Waals surface area contributed by atoms with Crippen molar-refractivity contribution in [3.8, 4) is 0 Å². The van der Waals surface area contributed by atoms with Crippen molar-refractivity contribution in [2.45, 2.75) is 61.9 Å². The lowest BCUT2D eigenvalue weighted by Crippen LogP contribution is -2.53. The number of amides is 1. The summed E-state index contributed by atoms with van der Waals surface area (Å²) in [6.07, 6.45) is 1.27. The van der Waals surface area contributed by atoms with Gasteiger partial charge in [0.25, 0.3) is 0 Å². The predicted molar refractivity (Wildman–Crippen MR) is 151 cm³/mol. The number of nitrogens with zero attached hydrogens (tertiary/aromatic N) is 2. The Labute approximate surface area is 233 Å². The smallest absolute Gasteiger partial charge is 0.326 e. The summed E-state index contributed by atoms with van der Waals surface area (Å²) in [5.41, 5.74) is 6.95. The van der Waals surface area contributed by atoms with Crippen molar-refractivity contribution in [3.05, 3.63) is 65.7 Å². The van der Waals surface area contributed by atoms with Crippen LogP contribution < -0.4 is 11.1 Å². The molecular weight excluding hydrogens is 540 g/mol. The summed E-state index contributed by atoms with van der Waals surface area (Å²) in [5.74, 6) is -1.11. The summed E-state index contributed by atoms with van der Waals surface area (Å²) in [4.78, 5) is 41.5. The Bertz CT molecular complexity index is 1300. The minimum absolute atomic E-state index is 0.00654. The topological polar surface area (TPSA) is 159 Å². The summed E-state index contributed by atoms with van der Waals surface area (Å²) in [7, 11) is -3.96. The van der Waals surface area contributed by atoms with Crippen LogP contribution in [0.1, 0.15) is 37.8 Å². The molecule has 3 rings (SSSR count). The van der Waals surface area contributed by atoms with Crippen LogP contribution in [0.15, 0.2) is 64.5 Å². The number of rotatable bonds is 13. The van der Waals surface area contributed by atoms with E-state index in [1.54, 1.807) is 56.3 Å². The van der Waals surface area contributed by atoms with Gasteiger partial charge in [0.2, 0.25) is 15.9 Å². The number of carboxylic acid groups (broad SMARTS) is 1. The van der Waals surface area contributed by atoms with Gasteiger partial charge >= 0.3 is 5.97 Å². The van der Waals surface area contributed by atoms with E-state index >= 15 is 0 Å². The number of ketones is 1. The van der Waals surface area contributed by atoms with Gasteiger partial charge in [0.1, 0.15) is 17.9 Å². The first kappa shape index (κ1) is 30.3. The third kappa shape index (κ3) is 8.38. The Morgan fingerprint density at radius 1 is 1.13 bits per heavy atom. The van der Waals surface area contributed by atoms with Gasteiger partial charge in [-0.15, -0.1) is 11.8 Å². The second-order valence-corrected chi connectivity index (χ2v) is 12.6. The predicted octanol–water partition coefficient (Wildman–Crippen LogP) is 2.22. The van der Waals surface area contributed by atoms with Crippen LogP contribution in [-0.2, 0) is 37.2 Å². The van der Waals surface area contributed by atoms with Gasteiger partial charge in [0, 0.05) is 31.6 Å². The van der Waals surface area contributed by atoms with E-state index in [0.29, 0.717) is 30.8 Å². The first-order chi connectivity index (χ1) is 18.5. The normalized spacial score (nSPS) is 19.0. The zero-order chi connectivity index (χ0) is 28.6. The number of hydrogen-bond donors (Lipinski definition) is 3. The Balaban J connectivity index is 1.62. The molecule has 10 nitrogen and oxygen atoms in total. The monoisotopic (exact) mass is 574 g/mol. The molecule has 210 valence electrons. The van der Waals surface area contributed by atoms with Crippen LogP contribution in [0, 0.1) is 0 Å². The van der Waals surface area contributed by atoms with Gasteiger partial charge < -0.3 is 16.2 Å². The molecule has 0 spiro atoms. The van der Waals surface area contributed by atoms with Crippen molar-refractivity contribution in [2.75, 3.05) is 12.3 Å². The molecule has 1 fully saturated rings. The molecule has 12 heteroatoms. The van der Waals surface area contributed by atoms with Gasteiger partial charge in [-0.05, 0) is 43.5 Å². The maximum absolute atomic E-state index is 13.3. The first-order valence-electron chi connectivity index (χ1n) is 12.6. The van der Waals surface area contributed by atoms with Crippen LogP contribution >= 0.6 is 11.8 Å². The Morgan fingerprint density at radius 2 is 1.77 bits per heavy atom. The van der Waals surface area contributed by atoms with Crippen LogP contribution in [0.25, 0.3) is 0 Å². The quantitative estimate of drug-likeness (QED) is 0.187. The fourth-order valence-electron chi connectivity index (χ4n) is 4.24. The molecule has 0 radical (unpaired) electrons. The average molecular weight is 575 g/mol. The van der Waals surface area contributed by atoms with Gasteiger partial charge in [0.15, 0.2) is 0 Å². The fraction of sp³-hybridized carbons (Fsp3) is 0.407. The van der Waals surface area contributed by atoms with E-state index in [-0.39, 0.29) is 29.3 Å². The third-order valence-corrected chi connectivity index (χ3v) is 9.58. The molecule has 2 unspecified atom stereocenters. The molecule has 2 aromatic carbocycles. The number of thioether (sulfide) groups is 1. The van der Waals surface area contributed by atoms with E-state index in [1.807, 2.05) is 0 Å². The van der Waals surface area contributed by atoms with Crippen LogP contribution in [0.3, 0.4) is 0 Å². The third-order valence-electron chi connectivity index (χ3n) is 6.24. The molecule has 39 heavy (non-hydrogen) atoms. The summed E-state index contributed by atoms with van der Waals surface area (Å²) < 4.78 is 27.7. The van der Waals surface area contributed by atoms with Gasteiger partial charge in [-0.1, -0.05) is 42.5 Å². The number of carboxylic acids is 1. The van der Waals surface area contributed by atoms with E-state index in [9.17, 15) is 27.9 Å². The van der Waals surface area contributed by atoms with Crippen molar-refractivity contribution < 1.29 is 27.9 Å². The SMILES string of the molecule is CC(N)=NCCCC(=O)Cc1ccc(CC(NC(=O)[C@@H]2CSC(C)N2S(=O)(=O)c2ccccc2)C(=O)O)cc1. The molecule has 4 N–H and O–H groups in total. The Morgan fingerprint density at radius 3 is 2.38 bits per heavy atom. The van der Waals surface area contributed by atoms with E-state index < -0.39 is 39.4 Å². The molecular formula is C27H34N4O6S2.